The molecule has 2 unspecified atom stereocenters. The van der Waals surface area contributed by atoms with Gasteiger partial charge in [0.1, 0.15) is 0 Å². The van der Waals surface area contributed by atoms with Crippen LogP contribution in [0.25, 0.3) is 10.9 Å². The first-order valence-corrected chi connectivity index (χ1v) is 5.85. The van der Waals surface area contributed by atoms with Gasteiger partial charge < -0.3 is 4.98 Å². The van der Waals surface area contributed by atoms with Crippen molar-refractivity contribution in [2.45, 2.75) is 32.6 Å². The molecule has 1 aromatic carbocycles. The molecule has 0 amide bonds. The van der Waals surface area contributed by atoms with E-state index in [2.05, 4.69) is 43.1 Å². The molecule has 2 atom stereocenters. The van der Waals surface area contributed by atoms with Gasteiger partial charge in [-0.25, -0.2) is 0 Å². The van der Waals surface area contributed by atoms with E-state index in [1.165, 1.54) is 29.4 Å². The molecule has 1 aliphatic rings. The zero-order valence-corrected chi connectivity index (χ0v) is 9.38. The minimum atomic E-state index is 0.691. The van der Waals surface area contributed by atoms with Crippen molar-refractivity contribution in [2.24, 2.45) is 5.92 Å². The van der Waals surface area contributed by atoms with E-state index in [0.717, 1.165) is 5.92 Å². The third kappa shape index (κ3) is 1.30. The maximum Gasteiger partial charge on any atom is 0.0459 e. The minimum Gasteiger partial charge on any atom is -0.358 e. The summed E-state index contributed by atoms with van der Waals surface area (Å²) in [6.45, 7) is 4.70. The number of H-pyrrole nitrogens is 1. The van der Waals surface area contributed by atoms with Crippen LogP contribution in [0, 0.1) is 5.92 Å². The second-order valence-electron chi connectivity index (χ2n) is 5.01. The Kier molecular flexibility index (Phi) is 1.88. The molecule has 1 N–H and O–H groups in total. The van der Waals surface area contributed by atoms with Crippen LogP contribution in [0.15, 0.2) is 24.3 Å². The first-order chi connectivity index (χ1) is 7.25. The zero-order valence-electron chi connectivity index (χ0n) is 9.38. The maximum absolute atomic E-state index is 3.59. The lowest BCUT2D eigenvalue weighted by Gasteiger charge is -2.24. The highest BCUT2D eigenvalue weighted by Gasteiger charge is 2.24. The Morgan fingerprint density at radius 2 is 2.00 bits per heavy atom. The normalized spacial score (nSPS) is 25.5. The largest absolute Gasteiger partial charge is 0.358 e. The molecule has 0 spiro atoms. The smallest absolute Gasteiger partial charge is 0.0459 e. The van der Waals surface area contributed by atoms with Crippen molar-refractivity contribution in [3.63, 3.8) is 0 Å². The molecular weight excluding hydrogens is 182 g/mol. The summed E-state index contributed by atoms with van der Waals surface area (Å²) in [5.41, 5.74) is 4.36. The highest BCUT2D eigenvalue weighted by Crippen LogP contribution is 2.37. The predicted octanol–water partition coefficient (Wildman–Crippen LogP) is 3.85. The monoisotopic (exact) mass is 199 g/mol. The number of benzene rings is 1. The fourth-order valence-corrected chi connectivity index (χ4v) is 3.01. The van der Waals surface area contributed by atoms with Crippen molar-refractivity contribution in [1.29, 1.82) is 0 Å². The lowest BCUT2D eigenvalue weighted by molar-refractivity contribution is 0.447. The van der Waals surface area contributed by atoms with Gasteiger partial charge in [-0.1, -0.05) is 32.0 Å². The lowest BCUT2D eigenvalue weighted by Crippen LogP contribution is -2.13. The van der Waals surface area contributed by atoms with E-state index in [9.17, 15) is 0 Å². The van der Waals surface area contributed by atoms with Crippen LogP contribution in [0.4, 0.5) is 0 Å². The van der Waals surface area contributed by atoms with Crippen molar-refractivity contribution in [3.05, 3.63) is 35.5 Å². The number of rotatable bonds is 0. The Balaban J connectivity index is 2.27. The van der Waals surface area contributed by atoms with Gasteiger partial charge in [-0.3, -0.25) is 0 Å². The van der Waals surface area contributed by atoms with Crippen LogP contribution in [0.5, 0.6) is 0 Å². The molecule has 1 aromatic heterocycles. The molecule has 1 heterocycles. The molecule has 78 valence electrons. The molecule has 0 bridgehead atoms. The molecule has 0 saturated heterocycles. The molecule has 3 rings (SSSR count). The molecule has 0 aliphatic heterocycles. The van der Waals surface area contributed by atoms with Gasteiger partial charge in [0.25, 0.3) is 0 Å². The van der Waals surface area contributed by atoms with Gasteiger partial charge in [0.2, 0.25) is 0 Å². The fourth-order valence-electron chi connectivity index (χ4n) is 3.01. The van der Waals surface area contributed by atoms with Crippen LogP contribution in [0.1, 0.15) is 37.4 Å². The molecule has 1 nitrogen and oxygen atoms in total. The summed E-state index contributed by atoms with van der Waals surface area (Å²) < 4.78 is 0. The molecular formula is C14H17N. The zero-order chi connectivity index (χ0) is 10.4. The Morgan fingerprint density at radius 1 is 1.20 bits per heavy atom. The van der Waals surface area contributed by atoms with Crippen molar-refractivity contribution >= 4 is 10.9 Å². The van der Waals surface area contributed by atoms with Gasteiger partial charge in [-0.05, 0) is 36.3 Å². The number of hydrogen-bond donors (Lipinski definition) is 1. The van der Waals surface area contributed by atoms with Crippen LogP contribution < -0.4 is 0 Å². The summed E-state index contributed by atoms with van der Waals surface area (Å²) in [5, 5.41) is 1.44. The van der Waals surface area contributed by atoms with E-state index in [1.54, 1.807) is 5.56 Å². The Morgan fingerprint density at radius 3 is 2.87 bits per heavy atom. The molecule has 2 aromatic rings. The van der Waals surface area contributed by atoms with Crippen molar-refractivity contribution < 1.29 is 0 Å². The van der Waals surface area contributed by atoms with Crippen LogP contribution >= 0.6 is 0 Å². The summed E-state index contributed by atoms with van der Waals surface area (Å²) >= 11 is 0. The van der Waals surface area contributed by atoms with E-state index in [0.29, 0.717) is 5.92 Å². The van der Waals surface area contributed by atoms with Gasteiger partial charge in [0, 0.05) is 16.6 Å². The van der Waals surface area contributed by atoms with Crippen LogP contribution in [-0.4, -0.2) is 4.98 Å². The fraction of sp³-hybridized carbons (Fsp3) is 0.429. The molecule has 0 saturated carbocycles. The first-order valence-electron chi connectivity index (χ1n) is 5.85. The number of aromatic amines is 1. The molecule has 1 aliphatic carbocycles. The Hall–Kier alpha value is -1.24. The van der Waals surface area contributed by atoms with E-state index < -0.39 is 0 Å². The highest BCUT2D eigenvalue weighted by molar-refractivity contribution is 5.85. The number of para-hydroxylation sites is 1. The van der Waals surface area contributed by atoms with Gasteiger partial charge in [-0.2, -0.15) is 0 Å². The molecule has 15 heavy (non-hydrogen) atoms. The SMILES string of the molecule is CC1Cc2c([nH]c3ccccc23)C(C)C1. The second-order valence-corrected chi connectivity index (χ2v) is 5.01. The standard InChI is InChI=1S/C14H17N/c1-9-7-10(2)14-12(8-9)11-5-3-4-6-13(11)15-14/h3-6,9-10,15H,7-8H2,1-2H3. The third-order valence-electron chi connectivity index (χ3n) is 3.65. The van der Waals surface area contributed by atoms with Gasteiger partial charge in [0.05, 0.1) is 0 Å². The summed E-state index contributed by atoms with van der Waals surface area (Å²) in [6.07, 6.45) is 2.56. The van der Waals surface area contributed by atoms with Gasteiger partial charge >= 0.3 is 0 Å². The van der Waals surface area contributed by atoms with Crippen molar-refractivity contribution in [1.82, 2.24) is 4.98 Å². The summed E-state index contributed by atoms with van der Waals surface area (Å²) in [5.74, 6) is 1.52. The summed E-state index contributed by atoms with van der Waals surface area (Å²) in [7, 11) is 0. The average Bonchev–Trinajstić information content (AvgIpc) is 2.57. The van der Waals surface area contributed by atoms with Crippen molar-refractivity contribution in [2.75, 3.05) is 0 Å². The Labute approximate surface area is 90.5 Å². The molecule has 0 radical (unpaired) electrons. The predicted molar refractivity (Wildman–Crippen MR) is 64.2 cm³/mol. The van der Waals surface area contributed by atoms with Gasteiger partial charge in [0.15, 0.2) is 0 Å². The van der Waals surface area contributed by atoms with Crippen LogP contribution in [0.3, 0.4) is 0 Å². The van der Waals surface area contributed by atoms with E-state index in [-0.39, 0.29) is 0 Å². The first kappa shape index (κ1) is 9.02. The maximum atomic E-state index is 3.59. The van der Waals surface area contributed by atoms with E-state index in [1.807, 2.05) is 0 Å². The lowest BCUT2D eigenvalue weighted by atomic mass is 9.81. The summed E-state index contributed by atoms with van der Waals surface area (Å²) in [6, 6.07) is 8.68. The quantitative estimate of drug-likeness (QED) is 0.663. The number of aromatic nitrogens is 1. The van der Waals surface area contributed by atoms with Crippen molar-refractivity contribution in [3.8, 4) is 0 Å². The molecule has 0 fully saturated rings. The summed E-state index contributed by atoms with van der Waals surface area (Å²) in [4.78, 5) is 3.59. The second kappa shape index (κ2) is 3.13. The number of hydrogen-bond acceptors (Lipinski definition) is 0. The highest BCUT2D eigenvalue weighted by atomic mass is 14.7. The number of fused-ring (bicyclic) bond motifs is 3. The minimum absolute atomic E-state index is 0.691. The third-order valence-corrected chi connectivity index (χ3v) is 3.65. The molecule has 1 heteroatoms. The average molecular weight is 199 g/mol. The van der Waals surface area contributed by atoms with E-state index >= 15 is 0 Å². The van der Waals surface area contributed by atoms with Crippen LogP contribution in [-0.2, 0) is 6.42 Å². The van der Waals surface area contributed by atoms with Gasteiger partial charge in [-0.15, -0.1) is 0 Å². The number of nitrogens with one attached hydrogen (secondary N) is 1. The topological polar surface area (TPSA) is 15.8 Å². The Bertz CT molecular complexity index is 495. The van der Waals surface area contributed by atoms with E-state index in [4.69, 9.17) is 0 Å². The van der Waals surface area contributed by atoms with Crippen LogP contribution in [0.2, 0.25) is 0 Å².